The summed E-state index contributed by atoms with van der Waals surface area (Å²) >= 11 is 0. The van der Waals surface area contributed by atoms with E-state index in [2.05, 4.69) is 20.6 Å². The Labute approximate surface area is 182 Å². The minimum absolute atomic E-state index is 0.261. The van der Waals surface area contributed by atoms with Gasteiger partial charge in [0.25, 0.3) is 11.5 Å². The number of hydrogen-bond acceptors (Lipinski definition) is 7. The third kappa shape index (κ3) is 3.42. The van der Waals surface area contributed by atoms with Crippen molar-refractivity contribution in [2.75, 3.05) is 20.3 Å². The highest BCUT2D eigenvalue weighted by Crippen LogP contribution is 2.26. The van der Waals surface area contributed by atoms with Crippen molar-refractivity contribution in [3.63, 3.8) is 0 Å². The number of aromatic nitrogens is 6. The minimum Gasteiger partial charge on any atom is -0.481 e. The second kappa shape index (κ2) is 7.93. The Bertz CT molecular complexity index is 1340. The molecule has 0 radical (unpaired) electrons. The lowest BCUT2D eigenvalue weighted by Gasteiger charge is -2.20. The summed E-state index contributed by atoms with van der Waals surface area (Å²) in [6.45, 7) is 0.535. The molecule has 0 spiro atoms. The Kier molecular flexibility index (Phi) is 4.94. The van der Waals surface area contributed by atoms with Gasteiger partial charge in [0.2, 0.25) is 5.88 Å². The molecule has 1 aliphatic rings. The zero-order chi connectivity index (χ0) is 22.2. The first-order chi connectivity index (χ1) is 15.5. The van der Waals surface area contributed by atoms with Crippen molar-refractivity contribution in [1.82, 2.24) is 34.7 Å². The molecule has 164 valence electrons. The maximum absolute atomic E-state index is 13.0. The van der Waals surface area contributed by atoms with E-state index >= 15 is 0 Å². The predicted molar refractivity (Wildman–Crippen MR) is 114 cm³/mol. The highest BCUT2D eigenvalue weighted by molar-refractivity contribution is 5.98. The van der Waals surface area contributed by atoms with Crippen LogP contribution in [0.2, 0.25) is 0 Å². The third-order valence-corrected chi connectivity index (χ3v) is 5.47. The van der Waals surface area contributed by atoms with Gasteiger partial charge < -0.3 is 14.8 Å². The number of carbonyl (C=O) groups excluding carboxylic acids is 1. The number of nitrogens with zero attached hydrogens (tertiary/aromatic N) is 6. The van der Waals surface area contributed by atoms with Crippen LogP contribution in [0, 0.1) is 0 Å². The topological polar surface area (TPSA) is 118 Å². The predicted octanol–water partition coefficient (Wildman–Crippen LogP) is 0.694. The fourth-order valence-electron chi connectivity index (χ4n) is 3.91. The van der Waals surface area contributed by atoms with Crippen LogP contribution in [0.25, 0.3) is 16.7 Å². The molecule has 0 aliphatic carbocycles. The highest BCUT2D eigenvalue weighted by atomic mass is 16.5. The molecular weight excluding hydrogens is 414 g/mol. The van der Waals surface area contributed by atoms with Gasteiger partial charge in [-0.1, -0.05) is 0 Å². The molecule has 11 nitrogen and oxygen atoms in total. The third-order valence-electron chi connectivity index (χ3n) is 5.47. The van der Waals surface area contributed by atoms with Crippen LogP contribution >= 0.6 is 0 Å². The average molecular weight is 435 g/mol. The van der Waals surface area contributed by atoms with Gasteiger partial charge in [-0.2, -0.15) is 10.2 Å². The van der Waals surface area contributed by atoms with Crippen molar-refractivity contribution in [1.29, 1.82) is 0 Å². The molecule has 2 unspecified atom stereocenters. The van der Waals surface area contributed by atoms with Crippen molar-refractivity contribution in [3.05, 3.63) is 64.7 Å². The molecule has 3 aromatic heterocycles. The quantitative estimate of drug-likeness (QED) is 0.490. The number of carbonyl (C=O) groups is 1. The van der Waals surface area contributed by atoms with Crippen molar-refractivity contribution in [2.24, 2.45) is 7.05 Å². The number of ether oxygens (including phenoxy) is 2. The van der Waals surface area contributed by atoms with E-state index in [1.165, 1.54) is 10.7 Å². The molecule has 1 N–H and O–H groups in total. The standard InChI is InChI=1S/C21H21N7O4/c1-26-21(31-2)14-5-4-13(10-15(14)24-26)20(30)23-16-11-32-12-17(16)28-19(29)7-6-18(25-28)27-9-3-8-22-27/h3-10,16-17H,11-12H2,1-2H3,(H,23,30). The molecule has 0 saturated carbocycles. The summed E-state index contributed by atoms with van der Waals surface area (Å²) in [6, 6.07) is 9.17. The van der Waals surface area contributed by atoms with E-state index in [9.17, 15) is 9.59 Å². The van der Waals surface area contributed by atoms with Crippen LogP contribution in [-0.4, -0.2) is 61.6 Å². The van der Waals surface area contributed by atoms with E-state index in [0.29, 0.717) is 22.8 Å². The molecule has 4 heterocycles. The molecule has 32 heavy (non-hydrogen) atoms. The van der Waals surface area contributed by atoms with Crippen LogP contribution in [0.15, 0.2) is 53.6 Å². The zero-order valence-electron chi connectivity index (χ0n) is 17.5. The van der Waals surface area contributed by atoms with Gasteiger partial charge in [-0.25, -0.2) is 14.0 Å². The van der Waals surface area contributed by atoms with Gasteiger partial charge in [0.05, 0.1) is 37.3 Å². The van der Waals surface area contributed by atoms with Gasteiger partial charge in [0.1, 0.15) is 6.04 Å². The van der Waals surface area contributed by atoms with Crippen LogP contribution in [0.4, 0.5) is 0 Å². The number of aryl methyl sites for hydroxylation is 1. The van der Waals surface area contributed by atoms with Gasteiger partial charge in [0.15, 0.2) is 5.82 Å². The molecule has 5 rings (SSSR count). The van der Waals surface area contributed by atoms with Gasteiger partial charge in [-0.05, 0) is 30.3 Å². The molecule has 1 saturated heterocycles. The molecule has 0 bridgehead atoms. The number of amides is 1. The Balaban J connectivity index is 1.40. The van der Waals surface area contributed by atoms with Gasteiger partial charge in [0, 0.05) is 31.1 Å². The summed E-state index contributed by atoms with van der Waals surface area (Å²) in [6.07, 6.45) is 3.37. The first kappa shape index (κ1) is 19.9. The van der Waals surface area contributed by atoms with Crippen LogP contribution in [0.3, 0.4) is 0 Å². The summed E-state index contributed by atoms with van der Waals surface area (Å²) in [5, 5.41) is 16.8. The summed E-state index contributed by atoms with van der Waals surface area (Å²) in [5.74, 6) is 0.841. The largest absolute Gasteiger partial charge is 0.481 e. The number of fused-ring (bicyclic) bond motifs is 1. The molecule has 2 atom stereocenters. The first-order valence-corrected chi connectivity index (χ1v) is 10.0. The number of hydrogen-bond donors (Lipinski definition) is 1. The van der Waals surface area contributed by atoms with Crippen LogP contribution < -0.4 is 15.6 Å². The number of benzene rings is 1. The lowest BCUT2D eigenvalue weighted by atomic mass is 10.1. The maximum atomic E-state index is 13.0. The van der Waals surface area contributed by atoms with Crippen LogP contribution in [0.5, 0.6) is 5.88 Å². The SMILES string of the molecule is COc1c2ccc(C(=O)NC3COCC3n3nc(-n4cccn4)ccc3=O)cc2nn1C. The second-order valence-electron chi connectivity index (χ2n) is 7.47. The van der Waals surface area contributed by atoms with Crippen LogP contribution in [-0.2, 0) is 11.8 Å². The monoisotopic (exact) mass is 435 g/mol. The Hall–Kier alpha value is -3.99. The van der Waals surface area contributed by atoms with Crippen molar-refractivity contribution in [3.8, 4) is 11.7 Å². The Morgan fingerprint density at radius 3 is 2.88 bits per heavy atom. The van der Waals surface area contributed by atoms with E-state index in [1.807, 2.05) is 0 Å². The normalized spacial score (nSPS) is 18.2. The Morgan fingerprint density at radius 1 is 1.22 bits per heavy atom. The highest BCUT2D eigenvalue weighted by Gasteiger charge is 2.33. The van der Waals surface area contributed by atoms with Crippen molar-refractivity contribution >= 4 is 16.8 Å². The molecule has 4 aromatic rings. The van der Waals surface area contributed by atoms with Crippen LogP contribution in [0.1, 0.15) is 16.4 Å². The average Bonchev–Trinajstić information content (AvgIpc) is 3.53. The summed E-state index contributed by atoms with van der Waals surface area (Å²) in [5.41, 5.74) is 0.827. The van der Waals surface area contributed by atoms with Gasteiger partial charge in [-0.3, -0.25) is 9.59 Å². The summed E-state index contributed by atoms with van der Waals surface area (Å²) < 4.78 is 15.5. The van der Waals surface area contributed by atoms with E-state index in [1.54, 1.807) is 66.2 Å². The zero-order valence-corrected chi connectivity index (χ0v) is 17.5. The second-order valence-corrected chi connectivity index (χ2v) is 7.47. The van der Waals surface area contributed by atoms with E-state index < -0.39 is 12.1 Å². The summed E-state index contributed by atoms with van der Waals surface area (Å²) in [4.78, 5) is 25.5. The van der Waals surface area contributed by atoms with E-state index in [4.69, 9.17) is 9.47 Å². The van der Waals surface area contributed by atoms with Crippen molar-refractivity contribution < 1.29 is 14.3 Å². The minimum atomic E-state index is -0.444. The number of methoxy groups -OCH3 is 1. The lowest BCUT2D eigenvalue weighted by molar-refractivity contribution is 0.0924. The van der Waals surface area contributed by atoms with Gasteiger partial charge in [-0.15, -0.1) is 5.10 Å². The van der Waals surface area contributed by atoms with E-state index in [-0.39, 0.29) is 24.7 Å². The molecule has 1 amide bonds. The fourth-order valence-corrected chi connectivity index (χ4v) is 3.91. The molecule has 11 heteroatoms. The smallest absolute Gasteiger partial charge is 0.267 e. The molecular formula is C21H21N7O4. The summed E-state index contributed by atoms with van der Waals surface area (Å²) in [7, 11) is 3.36. The molecule has 1 aliphatic heterocycles. The van der Waals surface area contributed by atoms with Gasteiger partial charge >= 0.3 is 0 Å². The number of rotatable bonds is 5. The first-order valence-electron chi connectivity index (χ1n) is 10.0. The van der Waals surface area contributed by atoms with Crippen molar-refractivity contribution in [2.45, 2.75) is 12.1 Å². The fraction of sp³-hybridized carbons (Fsp3) is 0.286. The lowest BCUT2D eigenvalue weighted by Crippen LogP contribution is -2.44. The number of nitrogens with one attached hydrogen (secondary N) is 1. The molecule has 1 aromatic carbocycles. The Morgan fingerprint density at radius 2 is 2.09 bits per heavy atom. The van der Waals surface area contributed by atoms with E-state index in [0.717, 1.165) is 5.39 Å². The molecule has 1 fully saturated rings. The maximum Gasteiger partial charge on any atom is 0.267 e.